The van der Waals surface area contributed by atoms with E-state index in [-0.39, 0.29) is 0 Å². The molecule has 0 aromatic carbocycles. The highest BCUT2D eigenvalue weighted by Gasteiger charge is 2.09. The Morgan fingerprint density at radius 2 is 2.17 bits per heavy atom. The van der Waals surface area contributed by atoms with Gasteiger partial charge in [0.05, 0.1) is 16.7 Å². The first kappa shape index (κ1) is 13.4. The minimum absolute atomic E-state index is 0.407. The maximum absolute atomic E-state index is 6.07. The number of nitrogens with zero attached hydrogens (tertiary/aromatic N) is 2. The SMILES string of the molecule is COCc1cc(=S)nc(-c2ncc(Cl)cc2Cl)[nH]1. The fourth-order valence-corrected chi connectivity index (χ4v) is 2.15. The van der Waals surface area contributed by atoms with Gasteiger partial charge in [0.25, 0.3) is 0 Å². The predicted molar refractivity (Wildman–Crippen MR) is 73.4 cm³/mol. The highest BCUT2D eigenvalue weighted by molar-refractivity contribution is 7.71. The molecule has 2 aromatic heterocycles. The second-order valence-corrected chi connectivity index (χ2v) is 4.77. The largest absolute Gasteiger partial charge is 0.378 e. The Balaban J connectivity index is 2.53. The Kier molecular flexibility index (Phi) is 4.29. The number of nitrogens with one attached hydrogen (secondary N) is 1. The first-order valence-corrected chi connectivity index (χ1v) is 6.17. The monoisotopic (exact) mass is 301 g/mol. The quantitative estimate of drug-likeness (QED) is 0.879. The third-order valence-electron chi connectivity index (χ3n) is 2.13. The van der Waals surface area contributed by atoms with Crippen LogP contribution in [-0.2, 0) is 11.3 Å². The third kappa shape index (κ3) is 3.05. The summed E-state index contributed by atoms with van der Waals surface area (Å²) in [4.78, 5) is 11.4. The van der Waals surface area contributed by atoms with E-state index in [0.29, 0.717) is 32.8 Å². The predicted octanol–water partition coefficient (Wildman–Crippen LogP) is 3.65. The summed E-state index contributed by atoms with van der Waals surface area (Å²) in [6.07, 6.45) is 1.50. The normalized spacial score (nSPS) is 10.6. The van der Waals surface area contributed by atoms with E-state index in [0.717, 1.165) is 5.69 Å². The first-order valence-electron chi connectivity index (χ1n) is 5.00. The number of methoxy groups -OCH3 is 1. The van der Waals surface area contributed by atoms with Gasteiger partial charge in [0.15, 0.2) is 5.82 Å². The van der Waals surface area contributed by atoms with E-state index in [1.165, 1.54) is 6.20 Å². The lowest BCUT2D eigenvalue weighted by molar-refractivity contribution is 0.181. The molecule has 4 nitrogen and oxygen atoms in total. The van der Waals surface area contributed by atoms with Crippen LogP contribution in [0.3, 0.4) is 0 Å². The zero-order valence-corrected chi connectivity index (χ0v) is 11.7. The molecule has 7 heteroatoms. The van der Waals surface area contributed by atoms with Crippen molar-refractivity contribution >= 4 is 35.4 Å². The van der Waals surface area contributed by atoms with Gasteiger partial charge in [0.1, 0.15) is 10.3 Å². The lowest BCUT2D eigenvalue weighted by Crippen LogP contribution is -1.99. The molecule has 0 atom stereocenters. The van der Waals surface area contributed by atoms with Crippen LogP contribution < -0.4 is 0 Å². The maximum Gasteiger partial charge on any atom is 0.159 e. The summed E-state index contributed by atoms with van der Waals surface area (Å²) < 4.78 is 5.49. The van der Waals surface area contributed by atoms with Gasteiger partial charge in [-0.1, -0.05) is 35.4 Å². The van der Waals surface area contributed by atoms with Crippen molar-refractivity contribution in [2.45, 2.75) is 6.61 Å². The van der Waals surface area contributed by atoms with Gasteiger partial charge in [0, 0.05) is 19.0 Å². The van der Waals surface area contributed by atoms with Crippen LogP contribution in [0.2, 0.25) is 10.0 Å². The lowest BCUT2D eigenvalue weighted by Gasteiger charge is -2.06. The molecular weight excluding hydrogens is 293 g/mol. The van der Waals surface area contributed by atoms with Crippen LogP contribution in [-0.4, -0.2) is 22.1 Å². The Morgan fingerprint density at radius 3 is 2.83 bits per heavy atom. The zero-order chi connectivity index (χ0) is 13.1. The fourth-order valence-electron chi connectivity index (χ4n) is 1.44. The molecule has 0 amide bonds. The van der Waals surface area contributed by atoms with Crippen molar-refractivity contribution in [3.8, 4) is 11.5 Å². The first-order chi connectivity index (χ1) is 8.60. The standard InChI is InChI=1S/C11H9Cl2N3OS/c1-17-5-7-3-9(18)16-11(15-7)10-8(13)2-6(12)4-14-10/h2-4H,5H2,1H3,(H,15,16,18). The van der Waals surface area contributed by atoms with Gasteiger partial charge in [-0.25, -0.2) is 9.97 Å². The zero-order valence-electron chi connectivity index (χ0n) is 9.41. The molecule has 0 fully saturated rings. The second-order valence-electron chi connectivity index (χ2n) is 3.51. The van der Waals surface area contributed by atoms with Gasteiger partial charge >= 0.3 is 0 Å². The summed E-state index contributed by atoms with van der Waals surface area (Å²) in [5.41, 5.74) is 1.31. The van der Waals surface area contributed by atoms with Gasteiger partial charge in [-0.05, 0) is 12.1 Å². The number of aromatic nitrogens is 3. The van der Waals surface area contributed by atoms with Crippen molar-refractivity contribution < 1.29 is 4.74 Å². The van der Waals surface area contributed by atoms with Gasteiger partial charge in [-0.3, -0.25) is 0 Å². The number of hydrogen-bond donors (Lipinski definition) is 1. The van der Waals surface area contributed by atoms with Crippen LogP contribution in [0.15, 0.2) is 18.3 Å². The van der Waals surface area contributed by atoms with Gasteiger partial charge in [0.2, 0.25) is 0 Å². The third-order valence-corrected chi connectivity index (χ3v) is 2.83. The Hall–Kier alpha value is -1.01. The minimum atomic E-state index is 0.407. The smallest absolute Gasteiger partial charge is 0.159 e. The molecule has 2 heterocycles. The molecule has 0 aliphatic heterocycles. The van der Waals surface area contributed by atoms with Gasteiger partial charge in [-0.2, -0.15) is 0 Å². The van der Waals surface area contributed by atoms with Crippen molar-refractivity contribution in [2.75, 3.05) is 7.11 Å². The summed E-state index contributed by atoms with van der Waals surface area (Å²) in [6.45, 7) is 0.407. The molecule has 0 spiro atoms. The van der Waals surface area contributed by atoms with E-state index >= 15 is 0 Å². The van der Waals surface area contributed by atoms with Gasteiger partial charge in [-0.15, -0.1) is 0 Å². The molecule has 2 rings (SSSR count). The Labute approximate surface area is 119 Å². The van der Waals surface area contributed by atoms with E-state index in [1.54, 1.807) is 19.2 Å². The summed E-state index contributed by atoms with van der Waals surface area (Å²) in [5, 5.41) is 0.880. The molecule has 18 heavy (non-hydrogen) atoms. The van der Waals surface area contributed by atoms with Crippen molar-refractivity contribution in [3.05, 3.63) is 38.7 Å². The van der Waals surface area contributed by atoms with Crippen LogP contribution in [0.4, 0.5) is 0 Å². The van der Waals surface area contributed by atoms with E-state index in [2.05, 4.69) is 15.0 Å². The maximum atomic E-state index is 6.07. The van der Waals surface area contributed by atoms with Crippen molar-refractivity contribution in [1.29, 1.82) is 0 Å². The molecule has 0 bridgehead atoms. The molecule has 0 saturated heterocycles. The molecule has 0 aliphatic rings. The molecular formula is C11H9Cl2N3OS. The van der Waals surface area contributed by atoms with Crippen LogP contribution in [0, 0.1) is 4.64 Å². The Bertz CT molecular complexity index is 630. The van der Waals surface area contributed by atoms with Crippen molar-refractivity contribution in [1.82, 2.24) is 15.0 Å². The fraction of sp³-hybridized carbons (Fsp3) is 0.182. The molecule has 0 aliphatic carbocycles. The average Bonchev–Trinajstić information content (AvgIpc) is 2.28. The molecule has 94 valence electrons. The van der Waals surface area contributed by atoms with E-state index in [9.17, 15) is 0 Å². The summed E-state index contributed by atoms with van der Waals surface area (Å²) >= 11 is 17.0. The number of aromatic amines is 1. The molecule has 2 aromatic rings. The topological polar surface area (TPSA) is 50.8 Å². The van der Waals surface area contributed by atoms with E-state index < -0.39 is 0 Å². The van der Waals surface area contributed by atoms with Gasteiger partial charge < -0.3 is 9.72 Å². The lowest BCUT2D eigenvalue weighted by atomic mass is 10.3. The van der Waals surface area contributed by atoms with Crippen molar-refractivity contribution in [3.63, 3.8) is 0 Å². The summed E-state index contributed by atoms with van der Waals surface area (Å²) in [5.74, 6) is 0.496. The molecule has 0 radical (unpaired) electrons. The number of hydrogen-bond acceptors (Lipinski definition) is 4. The molecule has 1 N–H and O–H groups in total. The molecule has 0 saturated carbocycles. The van der Waals surface area contributed by atoms with Crippen LogP contribution in [0.1, 0.15) is 5.69 Å². The van der Waals surface area contributed by atoms with E-state index in [4.69, 9.17) is 40.2 Å². The van der Waals surface area contributed by atoms with Crippen LogP contribution in [0.25, 0.3) is 11.5 Å². The van der Waals surface area contributed by atoms with Crippen molar-refractivity contribution in [2.24, 2.45) is 0 Å². The number of H-pyrrole nitrogens is 1. The molecule has 0 unspecified atom stereocenters. The highest BCUT2D eigenvalue weighted by Crippen LogP contribution is 2.25. The van der Waals surface area contributed by atoms with Crippen LogP contribution >= 0.6 is 35.4 Å². The number of rotatable bonds is 3. The summed E-state index contributed by atoms with van der Waals surface area (Å²) in [6, 6.07) is 3.33. The number of ether oxygens (including phenoxy) is 1. The number of halogens is 2. The number of pyridine rings is 1. The average molecular weight is 302 g/mol. The Morgan fingerprint density at radius 1 is 1.39 bits per heavy atom. The summed E-state index contributed by atoms with van der Waals surface area (Å²) in [7, 11) is 1.60. The second kappa shape index (κ2) is 5.75. The van der Waals surface area contributed by atoms with Crippen LogP contribution in [0.5, 0.6) is 0 Å². The minimum Gasteiger partial charge on any atom is -0.378 e. The highest BCUT2D eigenvalue weighted by atomic mass is 35.5. The van der Waals surface area contributed by atoms with E-state index in [1.807, 2.05) is 0 Å².